The Bertz CT molecular complexity index is 902. The van der Waals surface area contributed by atoms with E-state index in [-0.39, 0.29) is 11.7 Å². The second-order valence-corrected chi connectivity index (χ2v) is 9.17. The van der Waals surface area contributed by atoms with Crippen LogP contribution >= 0.6 is 0 Å². The first kappa shape index (κ1) is 19.6. The molecule has 2 aromatic carbocycles. The molecule has 0 atom stereocenters. The number of aryl methyl sites for hydroxylation is 2. The van der Waals surface area contributed by atoms with Gasteiger partial charge in [0.05, 0.1) is 10.6 Å². The summed E-state index contributed by atoms with van der Waals surface area (Å²) in [7, 11) is -3.31. The van der Waals surface area contributed by atoms with E-state index in [9.17, 15) is 13.2 Å². The van der Waals surface area contributed by atoms with Gasteiger partial charge >= 0.3 is 0 Å². The number of rotatable bonds is 5. The number of hydrogen-bond acceptors (Lipinski definition) is 4. The predicted molar refractivity (Wildman–Crippen MR) is 107 cm³/mol. The van der Waals surface area contributed by atoms with Crippen molar-refractivity contribution in [2.24, 2.45) is 0 Å². The maximum atomic E-state index is 12.7. The van der Waals surface area contributed by atoms with Gasteiger partial charge in [-0.3, -0.25) is 9.69 Å². The zero-order valence-corrected chi connectivity index (χ0v) is 16.7. The quantitative estimate of drug-likeness (QED) is 0.792. The highest BCUT2D eigenvalue weighted by Crippen LogP contribution is 2.19. The van der Waals surface area contributed by atoms with E-state index in [0.29, 0.717) is 43.2 Å². The number of benzene rings is 2. The number of piperazine rings is 1. The van der Waals surface area contributed by atoms with Gasteiger partial charge in [-0.05, 0) is 43.2 Å². The number of sulfone groups is 1. The molecule has 27 heavy (non-hydrogen) atoms. The van der Waals surface area contributed by atoms with Crippen LogP contribution in [0.25, 0.3) is 0 Å². The molecule has 1 aliphatic heterocycles. The predicted octanol–water partition coefficient (Wildman–Crippen LogP) is 2.54. The summed E-state index contributed by atoms with van der Waals surface area (Å²) in [6.07, 6.45) is 0. The minimum Gasteiger partial charge on any atom is -0.336 e. The van der Waals surface area contributed by atoms with Crippen molar-refractivity contribution in [3.8, 4) is 0 Å². The smallest absolute Gasteiger partial charge is 0.253 e. The molecular weight excluding hydrogens is 360 g/mol. The maximum absolute atomic E-state index is 12.7. The van der Waals surface area contributed by atoms with Crippen molar-refractivity contribution < 1.29 is 13.2 Å². The third-order valence-electron chi connectivity index (χ3n) is 5.04. The fraction of sp³-hybridized carbons (Fsp3) is 0.381. The van der Waals surface area contributed by atoms with Gasteiger partial charge < -0.3 is 4.90 Å². The van der Waals surface area contributed by atoms with Crippen LogP contribution in [0.5, 0.6) is 0 Å². The maximum Gasteiger partial charge on any atom is 0.253 e. The Morgan fingerprint density at radius 2 is 1.63 bits per heavy atom. The second-order valence-electron chi connectivity index (χ2n) is 7.09. The summed E-state index contributed by atoms with van der Waals surface area (Å²) in [6.45, 7) is 6.86. The molecule has 0 N–H and O–H groups in total. The van der Waals surface area contributed by atoms with Gasteiger partial charge in [-0.25, -0.2) is 8.42 Å². The number of hydrogen-bond donors (Lipinski definition) is 0. The van der Waals surface area contributed by atoms with Crippen molar-refractivity contribution in [2.45, 2.75) is 18.7 Å². The minimum absolute atomic E-state index is 0.0401. The highest BCUT2D eigenvalue weighted by atomic mass is 32.2. The first-order valence-corrected chi connectivity index (χ1v) is 10.9. The lowest BCUT2D eigenvalue weighted by molar-refractivity contribution is 0.0644. The molecule has 5 nitrogen and oxygen atoms in total. The third kappa shape index (κ3) is 4.76. The van der Waals surface area contributed by atoms with Crippen molar-refractivity contribution in [1.29, 1.82) is 0 Å². The van der Waals surface area contributed by atoms with Crippen LogP contribution in [-0.2, 0) is 9.84 Å². The first-order valence-electron chi connectivity index (χ1n) is 9.23. The molecule has 0 unspecified atom stereocenters. The average Bonchev–Trinajstić information content (AvgIpc) is 2.69. The van der Waals surface area contributed by atoms with E-state index in [1.54, 1.807) is 6.07 Å². The van der Waals surface area contributed by atoms with Crippen molar-refractivity contribution in [3.63, 3.8) is 0 Å². The van der Waals surface area contributed by atoms with E-state index < -0.39 is 9.84 Å². The van der Waals surface area contributed by atoms with Gasteiger partial charge in [0.25, 0.3) is 5.91 Å². The van der Waals surface area contributed by atoms with E-state index in [1.807, 2.05) is 61.2 Å². The molecule has 0 radical (unpaired) electrons. The Morgan fingerprint density at radius 3 is 2.30 bits per heavy atom. The molecule has 1 fully saturated rings. The molecule has 0 aliphatic carbocycles. The van der Waals surface area contributed by atoms with Crippen molar-refractivity contribution in [2.75, 3.05) is 38.5 Å². The molecule has 2 aromatic rings. The fourth-order valence-electron chi connectivity index (χ4n) is 3.34. The topological polar surface area (TPSA) is 57.7 Å². The normalized spacial score (nSPS) is 15.7. The summed E-state index contributed by atoms with van der Waals surface area (Å²) >= 11 is 0. The lowest BCUT2D eigenvalue weighted by Crippen LogP contribution is -2.49. The molecule has 0 aromatic heterocycles. The Morgan fingerprint density at radius 1 is 0.963 bits per heavy atom. The van der Waals surface area contributed by atoms with Gasteiger partial charge in [0, 0.05) is 38.3 Å². The summed E-state index contributed by atoms with van der Waals surface area (Å²) < 4.78 is 25.4. The number of amides is 1. The Labute approximate surface area is 161 Å². The molecule has 144 valence electrons. The molecule has 1 amide bonds. The van der Waals surface area contributed by atoms with Gasteiger partial charge in [0.2, 0.25) is 0 Å². The van der Waals surface area contributed by atoms with Gasteiger partial charge in [0.1, 0.15) is 0 Å². The molecule has 3 rings (SSSR count). The van der Waals surface area contributed by atoms with Crippen LogP contribution in [0.3, 0.4) is 0 Å². The molecule has 0 spiro atoms. The summed E-state index contributed by atoms with van der Waals surface area (Å²) in [5.74, 6) is 0.141. The highest BCUT2D eigenvalue weighted by Gasteiger charge is 2.24. The molecule has 0 saturated carbocycles. The van der Waals surface area contributed by atoms with Crippen molar-refractivity contribution in [1.82, 2.24) is 9.80 Å². The van der Waals surface area contributed by atoms with Gasteiger partial charge in [-0.15, -0.1) is 0 Å². The lowest BCUT2D eigenvalue weighted by atomic mass is 10.2. The van der Waals surface area contributed by atoms with Crippen LogP contribution in [0, 0.1) is 13.8 Å². The van der Waals surface area contributed by atoms with E-state index in [2.05, 4.69) is 4.90 Å². The van der Waals surface area contributed by atoms with Gasteiger partial charge in [-0.1, -0.05) is 30.3 Å². The molecule has 0 bridgehead atoms. The van der Waals surface area contributed by atoms with E-state index in [0.717, 1.165) is 11.1 Å². The number of carbonyl (C=O) groups excluding carboxylic acids is 1. The lowest BCUT2D eigenvalue weighted by Gasteiger charge is -2.34. The Kier molecular flexibility index (Phi) is 5.97. The summed E-state index contributed by atoms with van der Waals surface area (Å²) in [5, 5.41) is 0. The highest BCUT2D eigenvalue weighted by molar-refractivity contribution is 7.91. The SMILES string of the molecule is Cc1ccc(C)c(S(=O)(=O)CCN2CCN(C(=O)c3ccccc3)CC2)c1. The zero-order chi connectivity index (χ0) is 19.4. The Hall–Kier alpha value is -2.18. The third-order valence-corrected chi connectivity index (χ3v) is 6.87. The summed E-state index contributed by atoms with van der Waals surface area (Å²) in [6, 6.07) is 14.8. The van der Waals surface area contributed by atoms with Crippen LogP contribution in [0.2, 0.25) is 0 Å². The Balaban J connectivity index is 1.55. The molecule has 1 heterocycles. The van der Waals surface area contributed by atoms with Crippen LogP contribution < -0.4 is 0 Å². The summed E-state index contributed by atoms with van der Waals surface area (Å²) in [4.78, 5) is 16.9. The minimum atomic E-state index is -3.31. The van der Waals surface area contributed by atoms with Crippen LogP contribution in [0.4, 0.5) is 0 Å². The summed E-state index contributed by atoms with van der Waals surface area (Å²) in [5.41, 5.74) is 2.44. The second kappa shape index (κ2) is 8.23. The van der Waals surface area contributed by atoms with Crippen LogP contribution in [0.1, 0.15) is 21.5 Å². The fourth-order valence-corrected chi connectivity index (χ4v) is 4.98. The first-order chi connectivity index (χ1) is 12.9. The zero-order valence-electron chi connectivity index (χ0n) is 15.9. The van der Waals surface area contributed by atoms with Crippen LogP contribution in [0.15, 0.2) is 53.4 Å². The molecule has 1 saturated heterocycles. The number of carbonyl (C=O) groups is 1. The van der Waals surface area contributed by atoms with Crippen molar-refractivity contribution >= 4 is 15.7 Å². The largest absolute Gasteiger partial charge is 0.336 e. The van der Waals surface area contributed by atoms with Crippen LogP contribution in [-0.4, -0.2) is 62.6 Å². The molecule has 1 aliphatic rings. The van der Waals surface area contributed by atoms with E-state index in [1.165, 1.54) is 0 Å². The van der Waals surface area contributed by atoms with Gasteiger partial charge in [0.15, 0.2) is 9.84 Å². The number of nitrogens with zero attached hydrogens (tertiary/aromatic N) is 2. The van der Waals surface area contributed by atoms with Gasteiger partial charge in [-0.2, -0.15) is 0 Å². The molecule has 6 heteroatoms. The monoisotopic (exact) mass is 386 g/mol. The van der Waals surface area contributed by atoms with E-state index in [4.69, 9.17) is 0 Å². The van der Waals surface area contributed by atoms with Crippen molar-refractivity contribution in [3.05, 3.63) is 65.2 Å². The average molecular weight is 387 g/mol. The standard InChI is InChI=1S/C21H26N2O3S/c1-17-8-9-18(2)20(16-17)27(25,26)15-14-22-10-12-23(13-11-22)21(24)19-6-4-3-5-7-19/h3-9,16H,10-15H2,1-2H3. The molecular formula is C21H26N2O3S. The van der Waals surface area contributed by atoms with E-state index >= 15 is 0 Å².